The van der Waals surface area contributed by atoms with Crippen LogP contribution in [0.3, 0.4) is 0 Å². The number of nitrogens with two attached hydrogens (primary N) is 1. The van der Waals surface area contributed by atoms with E-state index in [1.165, 1.54) is 0 Å². The smallest absolute Gasteiger partial charge is 0.387 e. The summed E-state index contributed by atoms with van der Waals surface area (Å²) >= 11 is 0. The predicted molar refractivity (Wildman–Crippen MR) is 58.0 cm³/mol. The normalized spacial score (nSPS) is 13.6. The van der Waals surface area contributed by atoms with Gasteiger partial charge in [0.1, 0.15) is 11.8 Å². The molecule has 3 N–H and O–H groups in total. The Labute approximate surface area is 98.8 Å². The zero-order chi connectivity index (χ0) is 13.3. The van der Waals surface area contributed by atoms with Crippen molar-refractivity contribution in [1.82, 2.24) is 0 Å². The molecule has 17 heavy (non-hydrogen) atoms. The van der Waals surface area contributed by atoms with E-state index in [2.05, 4.69) is 0 Å². The van der Waals surface area contributed by atoms with Crippen molar-refractivity contribution in [2.45, 2.75) is 25.9 Å². The van der Waals surface area contributed by atoms with E-state index in [1.807, 2.05) is 6.92 Å². The monoisotopic (exact) mass is 256 g/mol. The molecule has 0 saturated carbocycles. The number of ether oxygens (including phenoxy) is 2. The molecule has 0 saturated heterocycles. The number of hydrogen-bond acceptors (Lipinski definition) is 3. The average molecular weight is 256 g/mol. The molecule has 102 valence electrons. The third-order valence-electron chi connectivity index (χ3n) is 2.07. The van der Waals surface area contributed by atoms with Crippen LogP contribution in [0, 0.1) is 11.3 Å². The van der Waals surface area contributed by atoms with Crippen LogP contribution >= 0.6 is 0 Å². The Kier molecular flexibility index (Phi) is 7.90. The lowest BCUT2D eigenvalue weighted by molar-refractivity contribution is -0.169. The standard InChI is InChI=1S/C10H19F3N2O2/c1-2-3-4-16-5-6-17-7-8(9(14)15)10(11,12)13/h8H,2-7H2,1H3,(H3,14,15). The molecule has 0 fully saturated rings. The Morgan fingerprint density at radius 2 is 1.82 bits per heavy atom. The third-order valence-corrected chi connectivity index (χ3v) is 2.07. The highest BCUT2D eigenvalue weighted by atomic mass is 19.4. The molecule has 4 nitrogen and oxygen atoms in total. The Balaban J connectivity index is 3.67. The van der Waals surface area contributed by atoms with E-state index >= 15 is 0 Å². The Morgan fingerprint density at radius 3 is 2.29 bits per heavy atom. The van der Waals surface area contributed by atoms with E-state index in [-0.39, 0.29) is 13.2 Å². The molecule has 0 aromatic carbocycles. The van der Waals surface area contributed by atoms with Crippen molar-refractivity contribution >= 4 is 5.84 Å². The van der Waals surface area contributed by atoms with Crippen LogP contribution in [0.15, 0.2) is 0 Å². The summed E-state index contributed by atoms with van der Waals surface area (Å²) in [6.45, 7) is 2.29. The van der Waals surface area contributed by atoms with E-state index < -0.39 is 24.5 Å². The zero-order valence-corrected chi connectivity index (χ0v) is 9.85. The number of unbranched alkanes of at least 4 members (excludes halogenated alkanes) is 1. The summed E-state index contributed by atoms with van der Waals surface area (Å²) in [6.07, 6.45) is -2.62. The van der Waals surface area contributed by atoms with Crippen LogP contribution in [-0.4, -0.2) is 38.4 Å². The zero-order valence-electron chi connectivity index (χ0n) is 9.85. The van der Waals surface area contributed by atoms with Gasteiger partial charge in [0, 0.05) is 6.61 Å². The van der Waals surface area contributed by atoms with Gasteiger partial charge in [-0.05, 0) is 6.42 Å². The fraction of sp³-hybridized carbons (Fsp3) is 0.900. The molecule has 1 unspecified atom stereocenters. The van der Waals surface area contributed by atoms with Crippen molar-refractivity contribution < 1.29 is 22.6 Å². The second kappa shape index (κ2) is 8.30. The van der Waals surface area contributed by atoms with Crippen molar-refractivity contribution in [1.29, 1.82) is 5.41 Å². The minimum atomic E-state index is -4.53. The lowest BCUT2D eigenvalue weighted by Crippen LogP contribution is -2.38. The van der Waals surface area contributed by atoms with Crippen molar-refractivity contribution in [3.63, 3.8) is 0 Å². The minimum absolute atomic E-state index is 0.0730. The summed E-state index contributed by atoms with van der Waals surface area (Å²) in [7, 11) is 0. The van der Waals surface area contributed by atoms with Gasteiger partial charge in [-0.3, -0.25) is 5.41 Å². The molecule has 7 heteroatoms. The molecular weight excluding hydrogens is 237 g/mol. The van der Waals surface area contributed by atoms with E-state index in [4.69, 9.17) is 20.6 Å². The van der Waals surface area contributed by atoms with Gasteiger partial charge in [0.15, 0.2) is 0 Å². The Bertz CT molecular complexity index is 222. The number of nitrogens with one attached hydrogen (secondary N) is 1. The lowest BCUT2D eigenvalue weighted by atomic mass is 10.1. The molecule has 0 amide bonds. The van der Waals surface area contributed by atoms with Gasteiger partial charge in [0.05, 0.1) is 19.8 Å². The molecule has 0 bridgehead atoms. The SMILES string of the molecule is CCCCOCCOCC(C(=N)N)C(F)(F)F. The van der Waals surface area contributed by atoms with Gasteiger partial charge in [0.2, 0.25) is 0 Å². The van der Waals surface area contributed by atoms with Gasteiger partial charge in [-0.15, -0.1) is 0 Å². The van der Waals surface area contributed by atoms with Gasteiger partial charge < -0.3 is 15.2 Å². The first-order chi connectivity index (χ1) is 7.89. The Hall–Kier alpha value is -0.820. The Morgan fingerprint density at radius 1 is 1.24 bits per heavy atom. The third kappa shape index (κ3) is 7.98. The first-order valence-corrected chi connectivity index (χ1v) is 5.45. The van der Waals surface area contributed by atoms with Crippen LogP contribution in [0.1, 0.15) is 19.8 Å². The molecule has 0 spiro atoms. The molecule has 0 aliphatic carbocycles. The first-order valence-electron chi connectivity index (χ1n) is 5.45. The fourth-order valence-electron chi connectivity index (χ4n) is 1.03. The topological polar surface area (TPSA) is 68.3 Å². The largest absolute Gasteiger partial charge is 0.400 e. The van der Waals surface area contributed by atoms with E-state index in [0.29, 0.717) is 6.61 Å². The van der Waals surface area contributed by atoms with Gasteiger partial charge in [-0.25, -0.2) is 0 Å². The number of rotatable bonds is 9. The minimum Gasteiger partial charge on any atom is -0.387 e. The van der Waals surface area contributed by atoms with Crippen LogP contribution in [-0.2, 0) is 9.47 Å². The van der Waals surface area contributed by atoms with E-state index in [1.54, 1.807) is 0 Å². The van der Waals surface area contributed by atoms with Crippen LogP contribution in [0.2, 0.25) is 0 Å². The van der Waals surface area contributed by atoms with Gasteiger partial charge in [0.25, 0.3) is 0 Å². The number of alkyl halides is 3. The quantitative estimate of drug-likeness (QED) is 0.376. The van der Waals surface area contributed by atoms with Crippen LogP contribution in [0.25, 0.3) is 0 Å². The summed E-state index contributed by atoms with van der Waals surface area (Å²) in [5.41, 5.74) is 4.86. The number of amidine groups is 1. The summed E-state index contributed by atoms with van der Waals surface area (Å²) in [4.78, 5) is 0. The molecule has 0 aliphatic heterocycles. The molecule has 1 atom stereocenters. The molecule has 0 aromatic heterocycles. The molecule has 0 aromatic rings. The van der Waals surface area contributed by atoms with Crippen LogP contribution in [0.5, 0.6) is 0 Å². The van der Waals surface area contributed by atoms with Gasteiger partial charge in [-0.2, -0.15) is 13.2 Å². The highest BCUT2D eigenvalue weighted by molar-refractivity contribution is 5.80. The number of halogens is 3. The molecule has 0 rings (SSSR count). The molecule has 0 heterocycles. The summed E-state index contributed by atoms with van der Waals surface area (Å²) in [6, 6.07) is 0. The van der Waals surface area contributed by atoms with Crippen molar-refractivity contribution in [2.24, 2.45) is 11.7 Å². The van der Waals surface area contributed by atoms with E-state index in [0.717, 1.165) is 12.8 Å². The molecule has 0 radical (unpaired) electrons. The second-order valence-electron chi connectivity index (χ2n) is 3.59. The molecule has 0 aliphatic rings. The summed E-state index contributed by atoms with van der Waals surface area (Å²) < 4.78 is 46.9. The van der Waals surface area contributed by atoms with E-state index in [9.17, 15) is 13.2 Å². The fourth-order valence-corrected chi connectivity index (χ4v) is 1.03. The second-order valence-corrected chi connectivity index (χ2v) is 3.59. The highest BCUT2D eigenvalue weighted by Gasteiger charge is 2.41. The maximum Gasteiger partial charge on any atom is 0.400 e. The first kappa shape index (κ1) is 16.2. The molecular formula is C10H19F3N2O2. The number of hydrogen-bond donors (Lipinski definition) is 2. The van der Waals surface area contributed by atoms with Crippen LogP contribution < -0.4 is 5.73 Å². The maximum atomic E-state index is 12.3. The highest BCUT2D eigenvalue weighted by Crippen LogP contribution is 2.26. The summed E-state index contributed by atoms with van der Waals surface area (Å²) in [5.74, 6) is -2.96. The lowest BCUT2D eigenvalue weighted by Gasteiger charge is -2.18. The predicted octanol–water partition coefficient (Wildman–Crippen LogP) is 1.93. The van der Waals surface area contributed by atoms with Gasteiger partial charge in [-0.1, -0.05) is 13.3 Å². The maximum absolute atomic E-state index is 12.3. The average Bonchev–Trinajstić information content (AvgIpc) is 2.19. The van der Waals surface area contributed by atoms with Crippen LogP contribution in [0.4, 0.5) is 13.2 Å². The van der Waals surface area contributed by atoms with Crippen molar-refractivity contribution in [3.8, 4) is 0 Å². The van der Waals surface area contributed by atoms with Gasteiger partial charge >= 0.3 is 6.18 Å². The van der Waals surface area contributed by atoms with Crippen molar-refractivity contribution in [2.75, 3.05) is 26.4 Å². The summed E-state index contributed by atoms with van der Waals surface area (Å²) in [5, 5.41) is 6.83. The van der Waals surface area contributed by atoms with Crippen molar-refractivity contribution in [3.05, 3.63) is 0 Å².